The van der Waals surface area contributed by atoms with E-state index in [1.54, 1.807) is 11.8 Å². The van der Waals surface area contributed by atoms with E-state index in [1.165, 1.54) is 27.8 Å². The number of hydrogen-bond acceptors (Lipinski definition) is 2. The van der Waals surface area contributed by atoms with E-state index in [0.29, 0.717) is 0 Å². The van der Waals surface area contributed by atoms with E-state index in [9.17, 15) is 0 Å². The van der Waals surface area contributed by atoms with Crippen LogP contribution in [0, 0.1) is 0 Å². The lowest BCUT2D eigenvalue weighted by atomic mass is 10.1. The van der Waals surface area contributed by atoms with Crippen LogP contribution in [-0.2, 0) is 6.42 Å². The maximum Gasteiger partial charge on any atom is 0.0219 e. The number of rotatable bonds is 3. The molecule has 76 valence electrons. The Morgan fingerprint density at radius 3 is 2.79 bits per heavy atom. The van der Waals surface area contributed by atoms with E-state index in [0.717, 1.165) is 6.42 Å². The molecule has 0 radical (unpaired) electrons. The normalized spacial score (nSPS) is 18.2. The number of hydrogen-bond donors (Lipinski definition) is 1. The van der Waals surface area contributed by atoms with Crippen molar-refractivity contribution in [3.8, 4) is 0 Å². The quantitative estimate of drug-likeness (QED) is 0.855. The van der Waals surface area contributed by atoms with Gasteiger partial charge in [0.05, 0.1) is 0 Å². The van der Waals surface area contributed by atoms with Crippen molar-refractivity contribution in [2.75, 3.05) is 6.26 Å². The number of nitrogens with two attached hydrogens (primary N) is 1. The van der Waals surface area contributed by atoms with Crippen LogP contribution in [0.5, 0.6) is 0 Å². The van der Waals surface area contributed by atoms with E-state index in [2.05, 4.69) is 40.4 Å². The molecule has 1 aromatic carbocycles. The summed E-state index contributed by atoms with van der Waals surface area (Å²) in [5.41, 5.74) is 7.61. The molecular weight excluding hydrogens is 258 g/mol. The predicted octanol–water partition coefficient (Wildman–Crippen LogP) is 3.20. The van der Waals surface area contributed by atoms with Crippen molar-refractivity contribution in [3.63, 3.8) is 0 Å². The number of thioether (sulfide) groups is 1. The Bertz CT molecular complexity index is 347. The average molecular weight is 272 g/mol. The molecule has 1 aliphatic carbocycles. The molecule has 0 amide bonds. The Kier molecular flexibility index (Phi) is 2.91. The largest absolute Gasteiger partial charge is 0.325 e. The van der Waals surface area contributed by atoms with E-state index >= 15 is 0 Å². The molecule has 1 saturated carbocycles. The van der Waals surface area contributed by atoms with Crippen LogP contribution in [0.2, 0.25) is 0 Å². The SMILES string of the molecule is CSc1cccc(Br)c1CC1(N)CC1. The first kappa shape index (κ1) is 10.5. The lowest BCUT2D eigenvalue weighted by molar-refractivity contribution is 0.663. The van der Waals surface area contributed by atoms with Gasteiger partial charge >= 0.3 is 0 Å². The molecule has 0 bridgehead atoms. The van der Waals surface area contributed by atoms with Crippen LogP contribution in [-0.4, -0.2) is 11.8 Å². The first-order chi connectivity index (χ1) is 6.64. The monoisotopic (exact) mass is 271 g/mol. The minimum atomic E-state index is 0.0916. The highest BCUT2D eigenvalue weighted by molar-refractivity contribution is 9.10. The molecule has 3 heteroatoms. The second kappa shape index (κ2) is 3.87. The lowest BCUT2D eigenvalue weighted by Gasteiger charge is -2.13. The zero-order valence-electron chi connectivity index (χ0n) is 8.22. The molecule has 14 heavy (non-hydrogen) atoms. The maximum atomic E-state index is 6.14. The molecule has 0 saturated heterocycles. The van der Waals surface area contributed by atoms with E-state index < -0.39 is 0 Å². The molecule has 1 fully saturated rings. The molecule has 0 unspecified atom stereocenters. The summed E-state index contributed by atoms with van der Waals surface area (Å²) in [6.07, 6.45) is 5.45. The van der Waals surface area contributed by atoms with Crippen molar-refractivity contribution in [1.82, 2.24) is 0 Å². The van der Waals surface area contributed by atoms with Crippen LogP contribution < -0.4 is 5.73 Å². The van der Waals surface area contributed by atoms with E-state index in [-0.39, 0.29) is 5.54 Å². The summed E-state index contributed by atoms with van der Waals surface area (Å²) in [7, 11) is 0. The van der Waals surface area contributed by atoms with Gasteiger partial charge in [-0.2, -0.15) is 0 Å². The van der Waals surface area contributed by atoms with Crippen molar-refractivity contribution in [1.29, 1.82) is 0 Å². The van der Waals surface area contributed by atoms with Crippen LogP contribution in [0.15, 0.2) is 27.6 Å². The third-order valence-electron chi connectivity index (χ3n) is 2.72. The first-order valence-corrected chi connectivity index (χ1v) is 6.77. The Labute approximate surface area is 97.6 Å². The molecule has 1 nitrogen and oxygen atoms in total. The van der Waals surface area contributed by atoms with Gasteiger partial charge in [-0.15, -0.1) is 11.8 Å². The van der Waals surface area contributed by atoms with Crippen molar-refractivity contribution >= 4 is 27.7 Å². The summed E-state index contributed by atoms with van der Waals surface area (Å²) in [5.74, 6) is 0. The highest BCUT2D eigenvalue weighted by Crippen LogP contribution is 2.39. The fourth-order valence-electron chi connectivity index (χ4n) is 1.59. The molecule has 0 aliphatic heterocycles. The van der Waals surface area contributed by atoms with Crippen molar-refractivity contribution < 1.29 is 0 Å². The van der Waals surface area contributed by atoms with Crippen LogP contribution in [0.4, 0.5) is 0 Å². The number of halogens is 1. The van der Waals surface area contributed by atoms with Gasteiger partial charge in [-0.3, -0.25) is 0 Å². The van der Waals surface area contributed by atoms with Gasteiger partial charge in [-0.05, 0) is 43.2 Å². The second-order valence-electron chi connectivity index (χ2n) is 3.96. The lowest BCUT2D eigenvalue weighted by Crippen LogP contribution is -2.25. The summed E-state index contributed by atoms with van der Waals surface area (Å²) < 4.78 is 1.20. The van der Waals surface area contributed by atoms with Gasteiger partial charge in [0.1, 0.15) is 0 Å². The standard InChI is InChI=1S/C11H14BrNS/c1-14-10-4-2-3-9(12)8(10)7-11(13)5-6-11/h2-4H,5-7,13H2,1H3. The highest BCUT2D eigenvalue weighted by atomic mass is 79.9. The average Bonchev–Trinajstić information content (AvgIpc) is 2.88. The molecule has 0 heterocycles. The summed E-state index contributed by atoms with van der Waals surface area (Å²) >= 11 is 5.39. The van der Waals surface area contributed by atoms with Gasteiger partial charge in [0, 0.05) is 14.9 Å². The third-order valence-corrected chi connectivity index (χ3v) is 4.28. The zero-order valence-corrected chi connectivity index (χ0v) is 10.6. The fraction of sp³-hybridized carbons (Fsp3) is 0.455. The molecule has 1 aliphatic rings. The van der Waals surface area contributed by atoms with Gasteiger partial charge in [0.2, 0.25) is 0 Å². The topological polar surface area (TPSA) is 26.0 Å². The van der Waals surface area contributed by atoms with Crippen molar-refractivity contribution in [2.24, 2.45) is 5.73 Å². The van der Waals surface area contributed by atoms with Crippen LogP contribution in [0.25, 0.3) is 0 Å². The second-order valence-corrected chi connectivity index (χ2v) is 5.66. The molecular formula is C11H14BrNS. The van der Waals surface area contributed by atoms with E-state index in [1.807, 2.05) is 0 Å². The summed E-state index contributed by atoms with van der Waals surface area (Å²) in [6, 6.07) is 6.34. The van der Waals surface area contributed by atoms with Crippen molar-refractivity contribution in [3.05, 3.63) is 28.2 Å². The first-order valence-electron chi connectivity index (χ1n) is 4.75. The zero-order chi connectivity index (χ0) is 10.2. The predicted molar refractivity (Wildman–Crippen MR) is 65.8 cm³/mol. The minimum absolute atomic E-state index is 0.0916. The van der Waals surface area contributed by atoms with Gasteiger partial charge in [-0.25, -0.2) is 0 Å². The molecule has 0 spiro atoms. The van der Waals surface area contributed by atoms with Gasteiger partial charge in [-0.1, -0.05) is 22.0 Å². The molecule has 2 rings (SSSR count). The van der Waals surface area contributed by atoms with Gasteiger partial charge < -0.3 is 5.73 Å². The summed E-state index contributed by atoms with van der Waals surface area (Å²) in [4.78, 5) is 1.34. The molecule has 0 aromatic heterocycles. The van der Waals surface area contributed by atoms with Crippen LogP contribution in [0.1, 0.15) is 18.4 Å². The number of benzene rings is 1. The smallest absolute Gasteiger partial charge is 0.0219 e. The summed E-state index contributed by atoms with van der Waals surface area (Å²) in [6.45, 7) is 0. The van der Waals surface area contributed by atoms with Gasteiger partial charge in [0.25, 0.3) is 0 Å². The van der Waals surface area contributed by atoms with Crippen LogP contribution in [0.3, 0.4) is 0 Å². The Morgan fingerprint density at radius 2 is 2.21 bits per heavy atom. The minimum Gasteiger partial charge on any atom is -0.325 e. The fourth-order valence-corrected chi connectivity index (χ4v) is 2.87. The highest BCUT2D eigenvalue weighted by Gasteiger charge is 2.38. The van der Waals surface area contributed by atoms with Crippen LogP contribution >= 0.6 is 27.7 Å². The summed E-state index contributed by atoms with van der Waals surface area (Å²) in [5, 5.41) is 0. The molecule has 0 atom stereocenters. The van der Waals surface area contributed by atoms with E-state index in [4.69, 9.17) is 5.73 Å². The van der Waals surface area contributed by atoms with Crippen molar-refractivity contribution in [2.45, 2.75) is 29.7 Å². The Hall–Kier alpha value is 0.01000. The van der Waals surface area contributed by atoms with Gasteiger partial charge in [0.15, 0.2) is 0 Å². The Balaban J connectivity index is 2.29. The molecule has 2 N–H and O–H groups in total. The maximum absolute atomic E-state index is 6.14. The third kappa shape index (κ3) is 2.15. The molecule has 1 aromatic rings. The Morgan fingerprint density at radius 1 is 1.50 bits per heavy atom.